The summed E-state index contributed by atoms with van der Waals surface area (Å²) in [6, 6.07) is 13.4. The average molecular weight is 351 g/mol. The molecular weight excluding hydrogens is 330 g/mol. The van der Waals surface area contributed by atoms with Crippen LogP contribution >= 0.6 is 0 Å². The monoisotopic (exact) mass is 351 g/mol. The third-order valence-electron chi connectivity index (χ3n) is 3.50. The molecular formula is C17H21NO5S. The molecule has 0 aliphatic heterocycles. The second-order valence-electron chi connectivity index (χ2n) is 5.03. The van der Waals surface area contributed by atoms with E-state index in [1.807, 2.05) is 0 Å². The second kappa shape index (κ2) is 8.03. The summed E-state index contributed by atoms with van der Waals surface area (Å²) < 4.78 is 41.9. The summed E-state index contributed by atoms with van der Waals surface area (Å²) in [5, 5.41) is 0. The molecule has 0 saturated heterocycles. The number of hydrogen-bond donors (Lipinski definition) is 0. The van der Waals surface area contributed by atoms with E-state index in [9.17, 15) is 8.42 Å². The summed E-state index contributed by atoms with van der Waals surface area (Å²) >= 11 is 0. The van der Waals surface area contributed by atoms with Crippen molar-refractivity contribution in [1.82, 2.24) is 4.31 Å². The van der Waals surface area contributed by atoms with Crippen LogP contribution in [0.15, 0.2) is 53.4 Å². The highest BCUT2D eigenvalue weighted by Crippen LogP contribution is 2.19. The van der Waals surface area contributed by atoms with E-state index in [1.54, 1.807) is 43.5 Å². The van der Waals surface area contributed by atoms with Crippen molar-refractivity contribution in [3.8, 4) is 17.2 Å². The molecule has 7 heteroatoms. The van der Waals surface area contributed by atoms with E-state index in [1.165, 1.54) is 30.6 Å². The Balaban J connectivity index is 1.93. The first-order valence-corrected chi connectivity index (χ1v) is 8.78. The van der Waals surface area contributed by atoms with Gasteiger partial charge in [-0.15, -0.1) is 0 Å². The maximum atomic E-state index is 12.5. The van der Waals surface area contributed by atoms with E-state index < -0.39 is 10.0 Å². The summed E-state index contributed by atoms with van der Waals surface area (Å²) in [7, 11) is 1.10. The first kappa shape index (κ1) is 18.1. The summed E-state index contributed by atoms with van der Waals surface area (Å²) in [5.41, 5.74) is 0. The predicted octanol–water partition coefficient (Wildman–Crippen LogP) is 2.40. The molecule has 0 aliphatic carbocycles. The molecule has 2 aromatic carbocycles. The van der Waals surface area contributed by atoms with E-state index >= 15 is 0 Å². The smallest absolute Gasteiger partial charge is 0.242 e. The summed E-state index contributed by atoms with van der Waals surface area (Å²) in [5.74, 6) is 2.01. The van der Waals surface area contributed by atoms with Crippen molar-refractivity contribution in [2.45, 2.75) is 4.90 Å². The predicted molar refractivity (Wildman–Crippen MR) is 91.3 cm³/mol. The van der Waals surface area contributed by atoms with Gasteiger partial charge in [-0.05, 0) is 48.5 Å². The van der Waals surface area contributed by atoms with E-state index in [4.69, 9.17) is 14.2 Å². The van der Waals surface area contributed by atoms with E-state index in [0.29, 0.717) is 11.5 Å². The molecule has 0 fully saturated rings. The third kappa shape index (κ3) is 4.39. The summed E-state index contributed by atoms with van der Waals surface area (Å²) in [6.07, 6.45) is 0. The van der Waals surface area contributed by atoms with Crippen LogP contribution in [0.1, 0.15) is 0 Å². The van der Waals surface area contributed by atoms with Gasteiger partial charge in [-0.1, -0.05) is 0 Å². The van der Waals surface area contributed by atoms with Gasteiger partial charge >= 0.3 is 0 Å². The minimum atomic E-state index is -3.55. The first-order chi connectivity index (χ1) is 11.5. The van der Waals surface area contributed by atoms with Crippen molar-refractivity contribution in [2.24, 2.45) is 0 Å². The summed E-state index contributed by atoms with van der Waals surface area (Å²) in [4.78, 5) is 0.218. The lowest BCUT2D eigenvalue weighted by molar-refractivity contribution is 0.286. The molecule has 24 heavy (non-hydrogen) atoms. The average Bonchev–Trinajstić information content (AvgIpc) is 2.62. The Hall–Kier alpha value is -2.25. The Bertz CT molecular complexity index is 742. The van der Waals surface area contributed by atoms with Crippen LogP contribution in [0, 0.1) is 0 Å². The Morgan fingerprint density at radius 2 is 1.29 bits per heavy atom. The van der Waals surface area contributed by atoms with Gasteiger partial charge in [-0.3, -0.25) is 0 Å². The Morgan fingerprint density at radius 3 is 1.79 bits per heavy atom. The molecule has 0 aromatic heterocycles. The molecule has 130 valence electrons. The Morgan fingerprint density at radius 1 is 0.833 bits per heavy atom. The zero-order valence-corrected chi connectivity index (χ0v) is 14.7. The molecule has 0 radical (unpaired) electrons. The number of ether oxygens (including phenoxy) is 3. The number of benzene rings is 2. The minimum Gasteiger partial charge on any atom is -0.497 e. The first-order valence-electron chi connectivity index (χ1n) is 7.34. The molecule has 0 N–H and O–H groups in total. The molecule has 2 rings (SSSR count). The van der Waals surface area contributed by atoms with Gasteiger partial charge in [0, 0.05) is 13.6 Å². The molecule has 0 atom stereocenters. The van der Waals surface area contributed by atoms with Crippen LogP contribution in [0.4, 0.5) is 0 Å². The molecule has 0 aliphatic rings. The number of hydrogen-bond acceptors (Lipinski definition) is 5. The number of rotatable bonds is 8. The highest BCUT2D eigenvalue weighted by Gasteiger charge is 2.20. The van der Waals surface area contributed by atoms with Crippen LogP contribution in [-0.4, -0.2) is 47.1 Å². The van der Waals surface area contributed by atoms with Crippen molar-refractivity contribution in [1.29, 1.82) is 0 Å². The topological polar surface area (TPSA) is 65.1 Å². The molecule has 0 saturated carbocycles. The maximum Gasteiger partial charge on any atom is 0.242 e. The molecule has 0 heterocycles. The maximum absolute atomic E-state index is 12.5. The van der Waals surface area contributed by atoms with Crippen LogP contribution in [0.2, 0.25) is 0 Å². The van der Waals surface area contributed by atoms with Crippen LogP contribution in [0.3, 0.4) is 0 Å². The fourth-order valence-corrected chi connectivity index (χ4v) is 3.17. The van der Waals surface area contributed by atoms with Crippen molar-refractivity contribution in [3.63, 3.8) is 0 Å². The van der Waals surface area contributed by atoms with Crippen LogP contribution < -0.4 is 14.2 Å². The summed E-state index contributed by atoms with van der Waals surface area (Å²) in [6.45, 7) is 0.485. The lowest BCUT2D eigenvalue weighted by Gasteiger charge is -2.17. The number of methoxy groups -OCH3 is 2. The SMILES string of the molecule is COc1ccc(OCCN(C)S(=O)(=O)c2ccc(OC)cc2)cc1. The largest absolute Gasteiger partial charge is 0.497 e. The molecule has 0 amide bonds. The van der Waals surface area contributed by atoms with Gasteiger partial charge < -0.3 is 14.2 Å². The van der Waals surface area contributed by atoms with Gasteiger partial charge in [0.05, 0.1) is 19.1 Å². The van der Waals surface area contributed by atoms with E-state index in [2.05, 4.69) is 0 Å². The normalized spacial score (nSPS) is 11.3. The van der Waals surface area contributed by atoms with Gasteiger partial charge in [-0.2, -0.15) is 4.31 Å². The highest BCUT2D eigenvalue weighted by molar-refractivity contribution is 7.89. The highest BCUT2D eigenvalue weighted by atomic mass is 32.2. The second-order valence-corrected chi connectivity index (χ2v) is 7.07. The molecule has 0 bridgehead atoms. The minimum absolute atomic E-state index is 0.218. The van der Waals surface area contributed by atoms with Gasteiger partial charge in [0.25, 0.3) is 0 Å². The fourth-order valence-electron chi connectivity index (χ4n) is 2.01. The standard InChI is InChI=1S/C17H21NO5S/c1-18(12-13-23-16-6-4-14(21-2)5-7-16)24(19,20)17-10-8-15(22-3)9-11-17/h4-11H,12-13H2,1-3H3. The van der Waals surface area contributed by atoms with Crippen LogP contribution in [0.5, 0.6) is 17.2 Å². The molecule has 2 aromatic rings. The Kier molecular flexibility index (Phi) is 6.05. The van der Waals surface area contributed by atoms with Gasteiger partial charge in [0.15, 0.2) is 0 Å². The third-order valence-corrected chi connectivity index (χ3v) is 5.37. The lowest BCUT2D eigenvalue weighted by atomic mass is 10.3. The van der Waals surface area contributed by atoms with Gasteiger partial charge in [-0.25, -0.2) is 8.42 Å². The zero-order valence-electron chi connectivity index (χ0n) is 13.9. The van der Waals surface area contributed by atoms with E-state index in [0.717, 1.165) is 5.75 Å². The zero-order chi connectivity index (χ0) is 17.6. The lowest BCUT2D eigenvalue weighted by Crippen LogP contribution is -2.31. The van der Waals surface area contributed by atoms with Crippen LogP contribution in [0.25, 0.3) is 0 Å². The van der Waals surface area contributed by atoms with Crippen molar-refractivity contribution in [3.05, 3.63) is 48.5 Å². The fraction of sp³-hybridized carbons (Fsp3) is 0.294. The molecule has 6 nitrogen and oxygen atoms in total. The van der Waals surface area contributed by atoms with E-state index in [-0.39, 0.29) is 18.0 Å². The quantitative estimate of drug-likeness (QED) is 0.731. The Labute approximate surface area is 142 Å². The van der Waals surface area contributed by atoms with Crippen LogP contribution in [-0.2, 0) is 10.0 Å². The van der Waals surface area contributed by atoms with Crippen molar-refractivity contribution < 1.29 is 22.6 Å². The molecule has 0 unspecified atom stereocenters. The van der Waals surface area contributed by atoms with Crippen molar-refractivity contribution >= 4 is 10.0 Å². The van der Waals surface area contributed by atoms with Crippen molar-refractivity contribution in [2.75, 3.05) is 34.4 Å². The number of nitrogens with zero attached hydrogens (tertiary/aromatic N) is 1. The van der Waals surface area contributed by atoms with Gasteiger partial charge in [0.1, 0.15) is 23.9 Å². The molecule has 0 spiro atoms. The number of likely N-dealkylation sites (N-methyl/N-ethyl adjacent to an activating group) is 1. The number of sulfonamides is 1. The van der Waals surface area contributed by atoms with Gasteiger partial charge in [0.2, 0.25) is 10.0 Å².